The highest BCUT2D eigenvalue weighted by molar-refractivity contribution is 6.15. The molecule has 0 atom stereocenters. The molecule has 141 heavy (non-hydrogen) atoms. The minimum atomic E-state index is 0.610. The zero-order valence-corrected chi connectivity index (χ0v) is 76.0. The van der Waals surface area contributed by atoms with Gasteiger partial charge >= 0.3 is 0 Å². The Balaban J connectivity index is 0.000000113. The first-order valence-corrected chi connectivity index (χ1v) is 47.0. The van der Waals surface area contributed by atoms with Gasteiger partial charge in [0.05, 0.1) is 34.2 Å². The lowest BCUT2D eigenvalue weighted by molar-refractivity contribution is 1.07. The Morgan fingerprint density at radius 2 is 0.348 bits per heavy atom. The topological polar surface area (TPSA) is 168 Å². The first-order chi connectivity index (χ1) is 69.9. The third kappa shape index (κ3) is 16.2. The van der Waals surface area contributed by atoms with E-state index in [4.69, 9.17) is 59.8 Å². The van der Waals surface area contributed by atoms with Gasteiger partial charge in [-0.1, -0.05) is 413 Å². The van der Waals surface area contributed by atoms with Crippen LogP contribution in [0.2, 0.25) is 0 Å². The van der Waals surface area contributed by atoms with E-state index in [0.29, 0.717) is 52.4 Å². The Kier molecular flexibility index (Phi) is 21.6. The zero-order chi connectivity index (χ0) is 93.5. The molecule has 9 aromatic heterocycles. The van der Waals surface area contributed by atoms with E-state index in [-0.39, 0.29) is 0 Å². The third-order valence-electron chi connectivity index (χ3n) is 26.0. The van der Waals surface area contributed by atoms with Crippen molar-refractivity contribution in [3.63, 3.8) is 0 Å². The summed E-state index contributed by atoms with van der Waals surface area (Å²) in [5.74, 6) is 5.71. The SMILES string of the molecule is c1ccc(-c2c(-c3ccc(-c4nc(-c5cc6ccccc6c6ccccc56)nc(-c5cc6ccccc6c6ccccc56)n4)cc3)nc3ccccn23)cc1.c1ccc(-c2c(-c3ccc(-c4nc(-c5ccc6ccccc6c5)nc(-c5ccc6ccccc6c5)n4)cc3)nc3ccccn23)cc1.c1ccc(-c2nc(-c3ccccc3)nc(-c3ccc(-c4nc5ccccn5c4-c4ccccc4)cc3)n2)cc1. The number of nitrogens with zero attached hydrogens (tertiary/aromatic N) is 15. The largest absolute Gasteiger partial charge is 0.299 e. The van der Waals surface area contributed by atoms with E-state index in [1.54, 1.807) is 0 Å². The Hall–Kier alpha value is -19.4. The molecule has 27 aromatic rings. The smallest absolute Gasteiger partial charge is 0.164 e. The van der Waals surface area contributed by atoms with Crippen molar-refractivity contribution in [2.45, 2.75) is 0 Å². The predicted molar refractivity (Wildman–Crippen MR) is 572 cm³/mol. The van der Waals surface area contributed by atoms with E-state index in [9.17, 15) is 0 Å². The maximum atomic E-state index is 5.31. The monoisotopic (exact) mass is 1800 g/mol. The van der Waals surface area contributed by atoms with Crippen molar-refractivity contribution in [1.29, 1.82) is 0 Å². The highest BCUT2D eigenvalue weighted by Gasteiger charge is 2.25. The van der Waals surface area contributed by atoms with Gasteiger partial charge < -0.3 is 0 Å². The number of hydrogen-bond acceptors (Lipinski definition) is 12. The molecule has 660 valence electrons. The first kappa shape index (κ1) is 83.4. The third-order valence-corrected chi connectivity index (χ3v) is 26.0. The lowest BCUT2D eigenvalue weighted by Crippen LogP contribution is -2.01. The average molecular weight is 1810 g/mol. The van der Waals surface area contributed by atoms with Crippen molar-refractivity contribution < 1.29 is 0 Å². The van der Waals surface area contributed by atoms with Gasteiger partial charge in [-0.25, -0.2) is 59.8 Å². The van der Waals surface area contributed by atoms with Crippen LogP contribution in [0.3, 0.4) is 0 Å². The van der Waals surface area contributed by atoms with Gasteiger partial charge in [0.25, 0.3) is 0 Å². The summed E-state index contributed by atoms with van der Waals surface area (Å²) in [5.41, 5.74) is 23.6. The quantitative estimate of drug-likeness (QED) is 0.0892. The van der Waals surface area contributed by atoms with E-state index in [0.717, 1.165) is 167 Å². The molecule has 9 heterocycles. The molecule has 0 fully saturated rings. The molecule has 0 aliphatic rings. The molecule has 0 radical (unpaired) electrons. The van der Waals surface area contributed by atoms with Gasteiger partial charge in [0, 0.05) is 102 Å². The van der Waals surface area contributed by atoms with Crippen molar-refractivity contribution in [3.8, 4) is 170 Å². The molecule has 0 spiro atoms. The lowest BCUT2D eigenvalue weighted by atomic mass is 9.96. The Morgan fingerprint density at radius 1 is 0.128 bits per heavy atom. The second-order valence-electron chi connectivity index (χ2n) is 34.7. The Labute approximate surface area is 810 Å². The number of imidazole rings is 3. The fraction of sp³-hybridized carbons (Fsp3) is 0. The molecule has 15 nitrogen and oxygen atoms in total. The molecule has 0 N–H and O–H groups in total. The predicted octanol–water partition coefficient (Wildman–Crippen LogP) is 30.5. The molecule has 0 saturated heterocycles. The summed E-state index contributed by atoms with van der Waals surface area (Å²) in [6.07, 6.45) is 6.20. The Morgan fingerprint density at radius 3 is 0.667 bits per heavy atom. The molecular weight excluding hydrogens is 1720 g/mol. The number of pyridine rings is 3. The van der Waals surface area contributed by atoms with Crippen molar-refractivity contribution in [3.05, 3.63) is 492 Å². The highest BCUT2D eigenvalue weighted by Crippen LogP contribution is 2.43. The molecule has 18 aromatic carbocycles. The summed E-state index contributed by atoms with van der Waals surface area (Å²) in [7, 11) is 0. The van der Waals surface area contributed by atoms with Gasteiger partial charge in [-0.15, -0.1) is 0 Å². The van der Waals surface area contributed by atoms with Crippen molar-refractivity contribution in [2.24, 2.45) is 0 Å². The molecule has 0 bridgehead atoms. The van der Waals surface area contributed by atoms with E-state index >= 15 is 0 Å². The summed E-state index contributed by atoms with van der Waals surface area (Å²) in [4.78, 5) is 60.6. The first-order valence-electron chi connectivity index (χ1n) is 47.0. The van der Waals surface area contributed by atoms with Crippen LogP contribution in [0.4, 0.5) is 0 Å². The van der Waals surface area contributed by atoms with Gasteiger partial charge in [-0.3, -0.25) is 13.2 Å². The summed E-state index contributed by atoms with van der Waals surface area (Å²) >= 11 is 0. The number of benzene rings is 18. The molecular formula is C126H81N15. The maximum absolute atomic E-state index is 5.31. The number of rotatable bonds is 15. The van der Waals surface area contributed by atoms with Crippen LogP contribution in [-0.2, 0) is 0 Å². The van der Waals surface area contributed by atoms with Crippen LogP contribution in [0.25, 0.3) is 252 Å². The van der Waals surface area contributed by atoms with Gasteiger partial charge in [-0.05, 0) is 125 Å². The van der Waals surface area contributed by atoms with Crippen molar-refractivity contribution in [1.82, 2.24) is 73.0 Å². The van der Waals surface area contributed by atoms with Crippen LogP contribution in [0, 0.1) is 0 Å². The highest BCUT2D eigenvalue weighted by atomic mass is 15.1. The van der Waals surface area contributed by atoms with Gasteiger partial charge in [-0.2, -0.15) is 0 Å². The fourth-order valence-electron chi connectivity index (χ4n) is 19.1. The van der Waals surface area contributed by atoms with Crippen LogP contribution >= 0.6 is 0 Å². The van der Waals surface area contributed by atoms with Crippen LogP contribution in [0.5, 0.6) is 0 Å². The number of aromatic nitrogens is 15. The molecule has 0 aliphatic heterocycles. The summed E-state index contributed by atoms with van der Waals surface area (Å²) in [5, 5.41) is 13.9. The number of fused-ring (bicyclic) bond motifs is 11. The van der Waals surface area contributed by atoms with E-state index in [2.05, 4.69) is 372 Å². The van der Waals surface area contributed by atoms with Crippen molar-refractivity contribution in [2.75, 3.05) is 0 Å². The summed E-state index contributed by atoms with van der Waals surface area (Å²) < 4.78 is 6.45. The van der Waals surface area contributed by atoms with Crippen LogP contribution in [0.15, 0.2) is 492 Å². The summed E-state index contributed by atoms with van der Waals surface area (Å²) in [6, 6.07) is 163. The van der Waals surface area contributed by atoms with Crippen LogP contribution in [-0.4, -0.2) is 73.0 Å². The van der Waals surface area contributed by atoms with E-state index in [1.807, 2.05) is 133 Å². The van der Waals surface area contributed by atoms with Crippen LogP contribution < -0.4 is 0 Å². The molecule has 0 aliphatic carbocycles. The van der Waals surface area contributed by atoms with E-state index in [1.165, 1.54) is 32.3 Å². The minimum Gasteiger partial charge on any atom is -0.299 e. The average Bonchev–Trinajstić information content (AvgIpc) is 1.69. The van der Waals surface area contributed by atoms with Crippen LogP contribution in [0.1, 0.15) is 0 Å². The maximum Gasteiger partial charge on any atom is 0.164 e. The zero-order valence-electron chi connectivity index (χ0n) is 76.0. The second kappa shape index (κ2) is 36.4. The minimum absolute atomic E-state index is 0.610. The Bertz CT molecular complexity index is 9110. The molecule has 0 amide bonds. The molecule has 27 rings (SSSR count). The molecule has 0 unspecified atom stereocenters. The van der Waals surface area contributed by atoms with Gasteiger partial charge in [0.15, 0.2) is 52.4 Å². The molecule has 0 saturated carbocycles. The second-order valence-corrected chi connectivity index (χ2v) is 34.7. The van der Waals surface area contributed by atoms with Crippen molar-refractivity contribution >= 4 is 81.6 Å². The van der Waals surface area contributed by atoms with Gasteiger partial charge in [0.2, 0.25) is 0 Å². The van der Waals surface area contributed by atoms with Gasteiger partial charge in [0.1, 0.15) is 16.9 Å². The summed E-state index contributed by atoms with van der Waals surface area (Å²) in [6.45, 7) is 0. The molecule has 15 heteroatoms. The number of hydrogen-bond donors (Lipinski definition) is 0. The van der Waals surface area contributed by atoms with E-state index < -0.39 is 0 Å². The normalized spacial score (nSPS) is 11.4. The fourth-order valence-corrected chi connectivity index (χ4v) is 19.1. The standard InChI is InChI=1S/C50H31N5.C42H27N5.C34H23N5/c1-2-14-33(15-3-1)47-46(51-45-24-12-13-29-55(45)47)32-25-27-34(28-26-32)48-52-49(43-30-35-16-4-6-18-37(35)39-20-8-10-22-41(39)43)54-50(53-48)44-31-36-17-5-7-19-38(36)40-21-9-11-23-42(40)44;1-2-12-31(13-3-1)39-38(43-37-16-8-9-25-47(37)39)30-19-21-32(22-20-30)40-44-41(35-23-17-28-10-4-6-14-33(28)26-35)46-42(45-40)36-24-18-29-11-5-7-15-34(29)27-36;1-4-12-25(13-5-1)31-30(35-29-18-10-11-23-39(29)31)24-19-21-28(22-20-24)34-37-32(26-14-6-2-7-15-26)36-33(38-34)27-16-8-3-9-17-27/h1-31H;1-27H;1-23H. The lowest BCUT2D eigenvalue weighted by Gasteiger charge is -2.14.